The molecular formula is C22H17Cl2N3O2. The van der Waals surface area contributed by atoms with Crippen molar-refractivity contribution in [1.82, 2.24) is 14.9 Å². The molecule has 0 saturated carbocycles. The van der Waals surface area contributed by atoms with Crippen molar-refractivity contribution < 1.29 is 8.83 Å². The highest BCUT2D eigenvalue weighted by Crippen LogP contribution is 2.30. The van der Waals surface area contributed by atoms with Crippen LogP contribution in [0.1, 0.15) is 17.0 Å². The third-order valence-electron chi connectivity index (χ3n) is 5.00. The highest BCUT2D eigenvalue weighted by Gasteiger charge is 2.20. The second-order valence-electron chi connectivity index (χ2n) is 7.00. The lowest BCUT2D eigenvalue weighted by Crippen LogP contribution is -2.30. The van der Waals surface area contributed by atoms with Crippen molar-refractivity contribution in [2.75, 3.05) is 6.54 Å². The second-order valence-corrected chi connectivity index (χ2v) is 7.81. The molecule has 0 atom stereocenters. The number of furan rings is 2. The topological polar surface area (TPSA) is 55.3 Å². The molecule has 0 N–H and O–H groups in total. The molecule has 0 fully saturated rings. The van der Waals surface area contributed by atoms with E-state index in [1.165, 1.54) is 0 Å². The van der Waals surface area contributed by atoms with E-state index in [9.17, 15) is 0 Å². The maximum absolute atomic E-state index is 6.12. The molecule has 4 aromatic rings. The Hall–Kier alpha value is -2.60. The minimum Gasteiger partial charge on any atom is -0.461 e. The average molecular weight is 426 g/mol. The van der Waals surface area contributed by atoms with Crippen molar-refractivity contribution in [1.29, 1.82) is 0 Å². The summed E-state index contributed by atoms with van der Waals surface area (Å²) in [5, 5.41) is 1.05. The van der Waals surface area contributed by atoms with E-state index >= 15 is 0 Å². The lowest BCUT2D eigenvalue weighted by atomic mass is 10.1. The average Bonchev–Trinajstić information content (AvgIpc) is 3.42. The van der Waals surface area contributed by atoms with Crippen LogP contribution in [0.5, 0.6) is 0 Å². The zero-order valence-electron chi connectivity index (χ0n) is 15.4. The van der Waals surface area contributed by atoms with Gasteiger partial charge in [-0.1, -0.05) is 23.2 Å². The first-order valence-corrected chi connectivity index (χ1v) is 10.1. The van der Waals surface area contributed by atoms with Gasteiger partial charge in [-0.05, 0) is 42.5 Å². The van der Waals surface area contributed by atoms with Gasteiger partial charge in [-0.3, -0.25) is 4.90 Å². The summed E-state index contributed by atoms with van der Waals surface area (Å²) in [6.07, 6.45) is 4.40. The van der Waals surface area contributed by atoms with Gasteiger partial charge >= 0.3 is 0 Å². The number of hydrogen-bond acceptors (Lipinski definition) is 5. The molecule has 5 nitrogen and oxygen atoms in total. The van der Waals surface area contributed by atoms with Crippen molar-refractivity contribution in [3.63, 3.8) is 0 Å². The first-order chi connectivity index (χ1) is 14.2. The van der Waals surface area contributed by atoms with Crippen molar-refractivity contribution >= 4 is 23.2 Å². The number of nitrogens with zero attached hydrogens (tertiary/aromatic N) is 3. The molecule has 5 rings (SSSR count). The van der Waals surface area contributed by atoms with Gasteiger partial charge in [-0.15, -0.1) is 0 Å². The van der Waals surface area contributed by atoms with Crippen molar-refractivity contribution in [3.05, 3.63) is 82.0 Å². The third kappa shape index (κ3) is 3.81. The van der Waals surface area contributed by atoms with Gasteiger partial charge in [0.05, 0.1) is 28.5 Å². The Morgan fingerprint density at radius 3 is 2.79 bits per heavy atom. The minimum absolute atomic E-state index is 0.517. The lowest BCUT2D eigenvalue weighted by Gasteiger charge is -2.27. The first kappa shape index (κ1) is 18.4. The van der Waals surface area contributed by atoms with Gasteiger partial charge in [-0.2, -0.15) is 0 Å². The summed E-state index contributed by atoms with van der Waals surface area (Å²) >= 11 is 12.1. The van der Waals surface area contributed by atoms with Gasteiger partial charge in [0.15, 0.2) is 11.6 Å². The molecule has 0 amide bonds. The normalized spacial score (nSPS) is 14.1. The van der Waals surface area contributed by atoms with E-state index in [4.69, 9.17) is 32.0 Å². The van der Waals surface area contributed by atoms with Crippen LogP contribution < -0.4 is 0 Å². The van der Waals surface area contributed by atoms with Gasteiger partial charge in [0, 0.05) is 36.8 Å². The fourth-order valence-corrected chi connectivity index (χ4v) is 3.82. The Morgan fingerprint density at radius 2 is 1.97 bits per heavy atom. The summed E-state index contributed by atoms with van der Waals surface area (Å²) in [5.41, 5.74) is 3.13. The Labute approximate surface area is 177 Å². The summed E-state index contributed by atoms with van der Waals surface area (Å²) in [6, 6.07) is 13.2. The third-order valence-corrected chi connectivity index (χ3v) is 5.74. The van der Waals surface area contributed by atoms with Crippen LogP contribution in [0.15, 0.2) is 63.8 Å². The molecule has 1 aliphatic rings. The fourth-order valence-electron chi connectivity index (χ4n) is 3.52. The Balaban J connectivity index is 1.29. The van der Waals surface area contributed by atoms with Crippen molar-refractivity contribution in [2.45, 2.75) is 19.5 Å². The van der Waals surface area contributed by atoms with Crippen molar-refractivity contribution in [2.24, 2.45) is 0 Å². The molecule has 1 aromatic carbocycles. The van der Waals surface area contributed by atoms with Gasteiger partial charge in [0.25, 0.3) is 0 Å². The van der Waals surface area contributed by atoms with E-state index in [1.54, 1.807) is 12.3 Å². The summed E-state index contributed by atoms with van der Waals surface area (Å²) < 4.78 is 11.4. The van der Waals surface area contributed by atoms with E-state index in [0.717, 1.165) is 54.4 Å². The summed E-state index contributed by atoms with van der Waals surface area (Å²) in [7, 11) is 0. The largest absolute Gasteiger partial charge is 0.461 e. The maximum Gasteiger partial charge on any atom is 0.195 e. The molecule has 3 aromatic heterocycles. The molecule has 0 bridgehead atoms. The number of benzene rings is 1. The Bertz CT molecular complexity index is 1150. The van der Waals surface area contributed by atoms with Crippen LogP contribution in [0, 0.1) is 0 Å². The minimum atomic E-state index is 0.517. The highest BCUT2D eigenvalue weighted by molar-refractivity contribution is 6.42. The smallest absolute Gasteiger partial charge is 0.195 e. The molecule has 1 aliphatic heterocycles. The molecule has 29 heavy (non-hydrogen) atoms. The quantitative estimate of drug-likeness (QED) is 0.409. The molecular weight excluding hydrogens is 409 g/mol. The zero-order valence-corrected chi connectivity index (χ0v) is 17.0. The molecule has 146 valence electrons. The monoisotopic (exact) mass is 425 g/mol. The van der Waals surface area contributed by atoms with Crippen LogP contribution in [0.4, 0.5) is 0 Å². The number of aromatic nitrogens is 2. The van der Waals surface area contributed by atoms with Crippen LogP contribution in [-0.2, 0) is 19.5 Å². The first-order valence-electron chi connectivity index (χ1n) is 9.31. The molecule has 0 unspecified atom stereocenters. The second kappa shape index (κ2) is 7.67. The molecule has 7 heteroatoms. The Kier molecular flexibility index (Phi) is 4.87. The maximum atomic E-state index is 6.12. The van der Waals surface area contributed by atoms with Gasteiger partial charge in [0.2, 0.25) is 0 Å². The summed E-state index contributed by atoms with van der Waals surface area (Å²) in [5.74, 6) is 3.02. The summed E-state index contributed by atoms with van der Waals surface area (Å²) in [6.45, 7) is 2.42. The van der Waals surface area contributed by atoms with E-state index in [-0.39, 0.29) is 0 Å². The van der Waals surface area contributed by atoms with Gasteiger partial charge in [-0.25, -0.2) is 9.97 Å². The van der Waals surface area contributed by atoms with Crippen LogP contribution in [0.25, 0.3) is 22.9 Å². The van der Waals surface area contributed by atoms with Crippen LogP contribution >= 0.6 is 23.2 Å². The standard InChI is InChI=1S/C22H17Cl2N3O2/c23-17-5-3-14(10-18(17)24)20-6-4-16(29-20)13-27-8-7-19-15(12-27)11-25-22(26-19)21-2-1-9-28-21/h1-6,9-11H,7-8,12-13H2. The highest BCUT2D eigenvalue weighted by atomic mass is 35.5. The predicted molar refractivity (Wildman–Crippen MR) is 112 cm³/mol. The Morgan fingerprint density at radius 1 is 1.03 bits per heavy atom. The van der Waals surface area contributed by atoms with Crippen LogP contribution in [0.3, 0.4) is 0 Å². The number of hydrogen-bond donors (Lipinski definition) is 0. The SMILES string of the molecule is Clc1ccc(-c2ccc(CN3CCc4nc(-c5ccco5)ncc4C3)o2)cc1Cl. The van der Waals surface area contributed by atoms with Crippen LogP contribution in [0.2, 0.25) is 10.0 Å². The fraction of sp³-hybridized carbons (Fsp3) is 0.182. The molecule has 0 saturated heterocycles. The predicted octanol–water partition coefficient (Wildman–Crippen LogP) is 5.86. The molecule has 0 radical (unpaired) electrons. The van der Waals surface area contributed by atoms with Gasteiger partial charge in [0.1, 0.15) is 11.5 Å². The number of fused-ring (bicyclic) bond motifs is 1. The van der Waals surface area contributed by atoms with E-state index < -0.39 is 0 Å². The number of rotatable bonds is 4. The summed E-state index contributed by atoms with van der Waals surface area (Å²) in [4.78, 5) is 11.5. The lowest BCUT2D eigenvalue weighted by molar-refractivity contribution is 0.224. The number of halogens is 2. The van der Waals surface area contributed by atoms with Gasteiger partial charge < -0.3 is 8.83 Å². The van der Waals surface area contributed by atoms with E-state index in [0.29, 0.717) is 21.6 Å². The molecule has 0 spiro atoms. The van der Waals surface area contributed by atoms with Crippen molar-refractivity contribution in [3.8, 4) is 22.9 Å². The molecule has 0 aliphatic carbocycles. The van der Waals surface area contributed by atoms with Crippen LogP contribution in [-0.4, -0.2) is 21.4 Å². The zero-order chi connectivity index (χ0) is 19.8. The van der Waals surface area contributed by atoms with E-state index in [1.807, 2.05) is 42.6 Å². The molecule has 4 heterocycles. The van der Waals surface area contributed by atoms with E-state index in [2.05, 4.69) is 14.9 Å².